The zero-order valence-electron chi connectivity index (χ0n) is 11.5. The highest BCUT2D eigenvalue weighted by atomic mass is 16.4. The van der Waals surface area contributed by atoms with Gasteiger partial charge < -0.3 is 16.3 Å². The molecular weight excluding hydrogens is 230 g/mol. The normalized spacial score (nSPS) is 26.3. The lowest BCUT2D eigenvalue weighted by Gasteiger charge is -2.21. The standard InChI is InChI=1S/C13H25N3O2/c1-8(2)11(12(14)16-18)13(17)15-7-10-6-4-5-9(10)3/h8-11,18H,4-7H2,1-3H3,(H2,14,16)(H,15,17). The van der Waals surface area contributed by atoms with Gasteiger partial charge in [0.05, 0.1) is 0 Å². The first-order valence-electron chi connectivity index (χ1n) is 6.72. The third-order valence-corrected chi connectivity index (χ3v) is 3.96. The predicted octanol–water partition coefficient (Wildman–Crippen LogP) is 1.56. The van der Waals surface area contributed by atoms with E-state index in [0.717, 1.165) is 0 Å². The molecule has 5 nitrogen and oxygen atoms in total. The fraction of sp³-hybridized carbons (Fsp3) is 0.846. The lowest BCUT2D eigenvalue weighted by molar-refractivity contribution is -0.124. The van der Waals surface area contributed by atoms with Gasteiger partial charge in [-0.25, -0.2) is 0 Å². The Morgan fingerprint density at radius 3 is 2.61 bits per heavy atom. The van der Waals surface area contributed by atoms with E-state index in [4.69, 9.17) is 10.9 Å². The van der Waals surface area contributed by atoms with E-state index in [1.165, 1.54) is 19.3 Å². The third kappa shape index (κ3) is 3.62. The minimum Gasteiger partial charge on any atom is -0.409 e. The van der Waals surface area contributed by atoms with Gasteiger partial charge in [-0.3, -0.25) is 4.79 Å². The number of carbonyl (C=O) groups is 1. The summed E-state index contributed by atoms with van der Waals surface area (Å²) in [6.45, 7) is 6.70. The Morgan fingerprint density at radius 2 is 2.17 bits per heavy atom. The molecule has 1 amide bonds. The van der Waals surface area contributed by atoms with E-state index in [2.05, 4.69) is 17.4 Å². The van der Waals surface area contributed by atoms with Crippen molar-refractivity contribution in [3.63, 3.8) is 0 Å². The number of amidine groups is 1. The molecule has 0 heterocycles. The number of nitrogens with zero attached hydrogens (tertiary/aromatic N) is 1. The molecular formula is C13H25N3O2. The zero-order valence-corrected chi connectivity index (χ0v) is 11.5. The van der Waals surface area contributed by atoms with E-state index in [0.29, 0.717) is 18.4 Å². The molecule has 0 spiro atoms. The fourth-order valence-corrected chi connectivity index (χ4v) is 2.71. The van der Waals surface area contributed by atoms with Crippen LogP contribution in [0.2, 0.25) is 0 Å². The molecule has 0 aliphatic heterocycles. The molecule has 4 N–H and O–H groups in total. The molecule has 104 valence electrons. The maximum Gasteiger partial charge on any atom is 0.231 e. The van der Waals surface area contributed by atoms with Gasteiger partial charge in [-0.15, -0.1) is 0 Å². The van der Waals surface area contributed by atoms with Crippen molar-refractivity contribution in [2.45, 2.75) is 40.0 Å². The SMILES string of the molecule is CC(C)C(C(=O)NCC1CCCC1C)C(N)=NO. The van der Waals surface area contributed by atoms with Gasteiger partial charge in [-0.1, -0.05) is 38.8 Å². The molecule has 3 unspecified atom stereocenters. The Kier molecular flexibility index (Phi) is 5.44. The van der Waals surface area contributed by atoms with Crippen LogP contribution in [0.3, 0.4) is 0 Å². The molecule has 0 saturated heterocycles. The van der Waals surface area contributed by atoms with Crippen molar-refractivity contribution in [3.8, 4) is 0 Å². The van der Waals surface area contributed by atoms with Crippen LogP contribution in [0.15, 0.2) is 5.16 Å². The van der Waals surface area contributed by atoms with Crippen molar-refractivity contribution in [2.24, 2.45) is 34.6 Å². The highest BCUT2D eigenvalue weighted by molar-refractivity contribution is 6.02. The van der Waals surface area contributed by atoms with Crippen molar-refractivity contribution in [1.82, 2.24) is 5.32 Å². The highest BCUT2D eigenvalue weighted by Gasteiger charge is 2.29. The molecule has 18 heavy (non-hydrogen) atoms. The fourth-order valence-electron chi connectivity index (χ4n) is 2.71. The number of amides is 1. The second-order valence-electron chi connectivity index (χ2n) is 5.66. The van der Waals surface area contributed by atoms with Crippen LogP contribution in [-0.4, -0.2) is 23.5 Å². The van der Waals surface area contributed by atoms with E-state index in [9.17, 15) is 4.79 Å². The first kappa shape index (κ1) is 14.8. The van der Waals surface area contributed by atoms with Crippen LogP contribution in [0.4, 0.5) is 0 Å². The largest absolute Gasteiger partial charge is 0.409 e. The number of nitrogens with one attached hydrogen (secondary N) is 1. The number of carbonyl (C=O) groups excluding carboxylic acids is 1. The Hall–Kier alpha value is -1.26. The first-order chi connectivity index (χ1) is 8.47. The second kappa shape index (κ2) is 6.61. The number of hydrogen-bond acceptors (Lipinski definition) is 3. The van der Waals surface area contributed by atoms with Gasteiger partial charge in [0.2, 0.25) is 5.91 Å². The van der Waals surface area contributed by atoms with E-state index in [-0.39, 0.29) is 17.7 Å². The molecule has 1 fully saturated rings. The second-order valence-corrected chi connectivity index (χ2v) is 5.66. The van der Waals surface area contributed by atoms with E-state index < -0.39 is 5.92 Å². The van der Waals surface area contributed by atoms with Crippen molar-refractivity contribution < 1.29 is 10.0 Å². The molecule has 0 bridgehead atoms. The Labute approximate surface area is 109 Å². The quantitative estimate of drug-likeness (QED) is 0.301. The van der Waals surface area contributed by atoms with Gasteiger partial charge in [0.15, 0.2) is 5.84 Å². The zero-order chi connectivity index (χ0) is 13.7. The summed E-state index contributed by atoms with van der Waals surface area (Å²) >= 11 is 0. The summed E-state index contributed by atoms with van der Waals surface area (Å²) in [4.78, 5) is 12.1. The van der Waals surface area contributed by atoms with Crippen LogP contribution in [0.5, 0.6) is 0 Å². The van der Waals surface area contributed by atoms with E-state index in [1.807, 2.05) is 13.8 Å². The Morgan fingerprint density at radius 1 is 1.50 bits per heavy atom. The minimum atomic E-state index is -0.549. The summed E-state index contributed by atoms with van der Waals surface area (Å²) in [6, 6.07) is 0. The molecule has 1 aliphatic carbocycles. The highest BCUT2D eigenvalue weighted by Crippen LogP contribution is 2.30. The minimum absolute atomic E-state index is 0.0121. The molecule has 0 aromatic carbocycles. The van der Waals surface area contributed by atoms with Crippen LogP contribution in [0.25, 0.3) is 0 Å². The number of rotatable bonds is 5. The monoisotopic (exact) mass is 255 g/mol. The summed E-state index contributed by atoms with van der Waals surface area (Å²) < 4.78 is 0. The van der Waals surface area contributed by atoms with E-state index >= 15 is 0 Å². The smallest absolute Gasteiger partial charge is 0.231 e. The summed E-state index contributed by atoms with van der Waals surface area (Å²) in [5.41, 5.74) is 5.57. The lowest BCUT2D eigenvalue weighted by atomic mass is 9.93. The van der Waals surface area contributed by atoms with Gasteiger partial charge in [-0.2, -0.15) is 0 Å². The lowest BCUT2D eigenvalue weighted by Crippen LogP contribution is -2.43. The van der Waals surface area contributed by atoms with Crippen LogP contribution in [0, 0.1) is 23.7 Å². The Balaban J connectivity index is 2.52. The molecule has 3 atom stereocenters. The van der Waals surface area contributed by atoms with Crippen LogP contribution in [0.1, 0.15) is 40.0 Å². The molecule has 0 aromatic rings. The molecule has 0 aromatic heterocycles. The van der Waals surface area contributed by atoms with Crippen LogP contribution in [-0.2, 0) is 4.79 Å². The molecule has 0 radical (unpaired) electrons. The van der Waals surface area contributed by atoms with Crippen molar-refractivity contribution >= 4 is 11.7 Å². The summed E-state index contributed by atoms with van der Waals surface area (Å²) in [7, 11) is 0. The summed E-state index contributed by atoms with van der Waals surface area (Å²) in [5.74, 6) is 0.552. The van der Waals surface area contributed by atoms with Crippen molar-refractivity contribution in [1.29, 1.82) is 0 Å². The topological polar surface area (TPSA) is 87.7 Å². The van der Waals surface area contributed by atoms with Crippen LogP contribution < -0.4 is 11.1 Å². The predicted molar refractivity (Wildman–Crippen MR) is 71.3 cm³/mol. The number of hydrogen-bond donors (Lipinski definition) is 3. The molecule has 1 aliphatic rings. The summed E-state index contributed by atoms with van der Waals surface area (Å²) in [5, 5.41) is 14.6. The van der Waals surface area contributed by atoms with Gasteiger partial charge >= 0.3 is 0 Å². The number of oxime groups is 1. The van der Waals surface area contributed by atoms with Crippen LogP contribution >= 0.6 is 0 Å². The van der Waals surface area contributed by atoms with Gasteiger partial charge in [0.25, 0.3) is 0 Å². The average Bonchev–Trinajstić information content (AvgIpc) is 2.71. The number of nitrogens with two attached hydrogens (primary N) is 1. The average molecular weight is 255 g/mol. The maximum atomic E-state index is 12.1. The van der Waals surface area contributed by atoms with Crippen molar-refractivity contribution in [2.75, 3.05) is 6.54 Å². The van der Waals surface area contributed by atoms with E-state index in [1.54, 1.807) is 0 Å². The van der Waals surface area contributed by atoms with Gasteiger partial charge in [-0.05, 0) is 24.2 Å². The molecule has 5 heteroatoms. The Bertz CT molecular complexity index is 315. The van der Waals surface area contributed by atoms with Crippen molar-refractivity contribution in [3.05, 3.63) is 0 Å². The van der Waals surface area contributed by atoms with Gasteiger partial charge in [0.1, 0.15) is 5.92 Å². The molecule has 1 saturated carbocycles. The van der Waals surface area contributed by atoms with Gasteiger partial charge in [0, 0.05) is 6.54 Å². The first-order valence-corrected chi connectivity index (χ1v) is 6.72. The molecule has 1 rings (SSSR count). The maximum absolute atomic E-state index is 12.1. The summed E-state index contributed by atoms with van der Waals surface area (Å²) in [6.07, 6.45) is 3.67. The third-order valence-electron chi connectivity index (χ3n) is 3.96.